The number of hydrogen-bond acceptors (Lipinski definition) is 1. The van der Waals surface area contributed by atoms with E-state index in [2.05, 4.69) is 20.4 Å². The Bertz CT molecular complexity index is 128. The predicted octanol–water partition coefficient (Wildman–Crippen LogP) is 2.75. The SMILES string of the molecule is C=C(CCC(C)(C)O)C(C)C. The minimum atomic E-state index is -0.544. The largest absolute Gasteiger partial charge is 0.390 e. The minimum absolute atomic E-state index is 0.539. The van der Waals surface area contributed by atoms with E-state index >= 15 is 0 Å². The van der Waals surface area contributed by atoms with Gasteiger partial charge in [-0.3, -0.25) is 0 Å². The maximum Gasteiger partial charge on any atom is 0.0594 e. The van der Waals surface area contributed by atoms with Gasteiger partial charge in [-0.1, -0.05) is 26.0 Å². The van der Waals surface area contributed by atoms with Gasteiger partial charge in [0.2, 0.25) is 0 Å². The molecule has 0 aliphatic heterocycles. The third-order valence-corrected chi connectivity index (χ3v) is 1.87. The van der Waals surface area contributed by atoms with Crippen molar-refractivity contribution in [1.29, 1.82) is 0 Å². The van der Waals surface area contributed by atoms with Crippen LogP contribution in [0.15, 0.2) is 12.2 Å². The normalized spacial score (nSPS) is 12.2. The van der Waals surface area contributed by atoms with Crippen molar-refractivity contribution in [3.63, 3.8) is 0 Å². The van der Waals surface area contributed by atoms with Crippen molar-refractivity contribution in [2.75, 3.05) is 0 Å². The van der Waals surface area contributed by atoms with Gasteiger partial charge in [-0.15, -0.1) is 0 Å². The van der Waals surface area contributed by atoms with Crippen molar-refractivity contribution >= 4 is 0 Å². The summed E-state index contributed by atoms with van der Waals surface area (Å²) in [6, 6.07) is 0. The van der Waals surface area contributed by atoms with Gasteiger partial charge in [0.1, 0.15) is 0 Å². The number of rotatable bonds is 4. The van der Waals surface area contributed by atoms with E-state index in [-0.39, 0.29) is 0 Å². The third-order valence-electron chi connectivity index (χ3n) is 1.87. The van der Waals surface area contributed by atoms with Crippen LogP contribution >= 0.6 is 0 Å². The van der Waals surface area contributed by atoms with E-state index in [0.29, 0.717) is 5.92 Å². The zero-order valence-electron chi connectivity index (χ0n) is 8.15. The number of hydrogen-bond donors (Lipinski definition) is 1. The van der Waals surface area contributed by atoms with Crippen molar-refractivity contribution in [2.45, 2.75) is 46.1 Å². The van der Waals surface area contributed by atoms with Crippen molar-refractivity contribution in [3.05, 3.63) is 12.2 Å². The van der Waals surface area contributed by atoms with Gasteiger partial charge >= 0.3 is 0 Å². The fourth-order valence-corrected chi connectivity index (χ4v) is 0.755. The molecule has 0 spiro atoms. The Balaban J connectivity index is 3.64. The summed E-state index contributed by atoms with van der Waals surface area (Å²) >= 11 is 0. The van der Waals surface area contributed by atoms with Gasteiger partial charge in [-0.2, -0.15) is 0 Å². The lowest BCUT2D eigenvalue weighted by atomic mass is 9.94. The molecule has 0 heterocycles. The highest BCUT2D eigenvalue weighted by Crippen LogP contribution is 2.18. The predicted molar refractivity (Wildman–Crippen MR) is 49.5 cm³/mol. The molecule has 0 saturated carbocycles. The molecular weight excluding hydrogens is 136 g/mol. The topological polar surface area (TPSA) is 20.2 Å². The lowest BCUT2D eigenvalue weighted by Gasteiger charge is -2.18. The molecule has 1 nitrogen and oxygen atoms in total. The lowest BCUT2D eigenvalue weighted by Crippen LogP contribution is -2.18. The number of aliphatic hydroxyl groups is 1. The van der Waals surface area contributed by atoms with E-state index in [1.807, 2.05) is 13.8 Å². The highest BCUT2D eigenvalue weighted by atomic mass is 16.3. The van der Waals surface area contributed by atoms with E-state index < -0.39 is 5.60 Å². The second kappa shape index (κ2) is 3.91. The first-order valence-electron chi connectivity index (χ1n) is 4.23. The van der Waals surface area contributed by atoms with Crippen LogP contribution < -0.4 is 0 Å². The molecule has 0 saturated heterocycles. The fourth-order valence-electron chi connectivity index (χ4n) is 0.755. The summed E-state index contributed by atoms with van der Waals surface area (Å²) in [6.45, 7) is 11.9. The van der Waals surface area contributed by atoms with E-state index in [9.17, 15) is 5.11 Å². The zero-order valence-corrected chi connectivity index (χ0v) is 8.15. The van der Waals surface area contributed by atoms with E-state index in [1.165, 1.54) is 5.57 Å². The van der Waals surface area contributed by atoms with Gasteiger partial charge in [0.15, 0.2) is 0 Å². The average Bonchev–Trinajstić information content (AvgIpc) is 1.80. The molecule has 0 atom stereocenters. The van der Waals surface area contributed by atoms with E-state index in [0.717, 1.165) is 12.8 Å². The summed E-state index contributed by atoms with van der Waals surface area (Å²) in [5.41, 5.74) is 0.685. The molecule has 0 aliphatic carbocycles. The molecule has 0 bridgehead atoms. The molecule has 0 amide bonds. The summed E-state index contributed by atoms with van der Waals surface area (Å²) in [6.07, 6.45) is 1.74. The van der Waals surface area contributed by atoms with Crippen LogP contribution in [0, 0.1) is 5.92 Å². The Morgan fingerprint density at radius 1 is 1.45 bits per heavy atom. The van der Waals surface area contributed by atoms with Gasteiger partial charge in [0.05, 0.1) is 5.60 Å². The second-order valence-electron chi connectivity index (χ2n) is 4.13. The van der Waals surface area contributed by atoms with Gasteiger partial charge in [-0.05, 0) is 32.6 Å². The summed E-state index contributed by atoms with van der Waals surface area (Å²) in [5.74, 6) is 0.539. The molecule has 0 unspecified atom stereocenters. The molecule has 0 fully saturated rings. The fraction of sp³-hybridized carbons (Fsp3) is 0.800. The molecule has 0 aliphatic rings. The summed E-state index contributed by atoms with van der Waals surface area (Å²) in [5, 5.41) is 9.41. The Hall–Kier alpha value is -0.300. The molecule has 0 aromatic rings. The Labute approximate surface area is 70.1 Å². The van der Waals surface area contributed by atoms with Crippen LogP contribution in [0.3, 0.4) is 0 Å². The Morgan fingerprint density at radius 2 is 1.91 bits per heavy atom. The first kappa shape index (κ1) is 10.7. The van der Waals surface area contributed by atoms with Crippen LogP contribution in [0.25, 0.3) is 0 Å². The van der Waals surface area contributed by atoms with Crippen molar-refractivity contribution in [3.8, 4) is 0 Å². The smallest absolute Gasteiger partial charge is 0.0594 e. The average molecular weight is 156 g/mol. The second-order valence-corrected chi connectivity index (χ2v) is 4.13. The molecule has 1 N–H and O–H groups in total. The highest BCUT2D eigenvalue weighted by molar-refractivity contribution is 4.98. The molecule has 66 valence electrons. The molecule has 0 radical (unpaired) electrons. The first-order valence-corrected chi connectivity index (χ1v) is 4.23. The molecule has 0 aromatic heterocycles. The molecular formula is C10H20O. The van der Waals surface area contributed by atoms with Crippen LogP contribution in [0.1, 0.15) is 40.5 Å². The quantitative estimate of drug-likeness (QED) is 0.620. The van der Waals surface area contributed by atoms with Gasteiger partial charge in [0.25, 0.3) is 0 Å². The Morgan fingerprint density at radius 3 is 2.18 bits per heavy atom. The summed E-state index contributed by atoms with van der Waals surface area (Å²) in [4.78, 5) is 0. The zero-order chi connectivity index (χ0) is 9.07. The number of allylic oxidation sites excluding steroid dienone is 1. The van der Waals surface area contributed by atoms with Crippen molar-refractivity contribution < 1.29 is 5.11 Å². The standard InChI is InChI=1S/C10H20O/c1-8(2)9(3)6-7-10(4,5)11/h8,11H,3,6-7H2,1-2,4-5H3. The van der Waals surface area contributed by atoms with Crippen molar-refractivity contribution in [1.82, 2.24) is 0 Å². The van der Waals surface area contributed by atoms with Crippen LogP contribution in [0.4, 0.5) is 0 Å². The summed E-state index contributed by atoms with van der Waals surface area (Å²) < 4.78 is 0. The maximum atomic E-state index is 9.41. The lowest BCUT2D eigenvalue weighted by molar-refractivity contribution is 0.0709. The van der Waals surface area contributed by atoms with Crippen LogP contribution in [0.2, 0.25) is 0 Å². The molecule has 0 aromatic carbocycles. The van der Waals surface area contributed by atoms with Gasteiger partial charge < -0.3 is 5.11 Å². The highest BCUT2D eigenvalue weighted by Gasteiger charge is 2.13. The van der Waals surface area contributed by atoms with Crippen LogP contribution in [-0.4, -0.2) is 10.7 Å². The summed E-state index contributed by atoms with van der Waals surface area (Å²) in [7, 11) is 0. The maximum absolute atomic E-state index is 9.41. The van der Waals surface area contributed by atoms with Gasteiger partial charge in [0, 0.05) is 0 Å². The van der Waals surface area contributed by atoms with E-state index in [1.54, 1.807) is 0 Å². The first-order chi connectivity index (χ1) is 4.83. The Kier molecular flexibility index (Phi) is 3.81. The van der Waals surface area contributed by atoms with Crippen LogP contribution in [-0.2, 0) is 0 Å². The van der Waals surface area contributed by atoms with Crippen molar-refractivity contribution in [2.24, 2.45) is 5.92 Å². The minimum Gasteiger partial charge on any atom is -0.390 e. The monoisotopic (exact) mass is 156 g/mol. The molecule has 0 rings (SSSR count). The van der Waals surface area contributed by atoms with Gasteiger partial charge in [-0.25, -0.2) is 0 Å². The molecule has 1 heteroatoms. The molecule has 11 heavy (non-hydrogen) atoms. The van der Waals surface area contributed by atoms with E-state index in [4.69, 9.17) is 0 Å². The third kappa shape index (κ3) is 6.11. The van der Waals surface area contributed by atoms with Crippen LogP contribution in [0.5, 0.6) is 0 Å².